The predicted molar refractivity (Wildman–Crippen MR) is 123 cm³/mol. The smallest absolute Gasteiger partial charge is 0.269 e. The molecule has 0 amide bonds. The lowest BCUT2D eigenvalue weighted by Gasteiger charge is -2.40. The normalized spacial score (nSPS) is 19.6. The fourth-order valence-corrected chi connectivity index (χ4v) is 5.21. The lowest BCUT2D eigenvalue weighted by molar-refractivity contribution is -0.384. The summed E-state index contributed by atoms with van der Waals surface area (Å²) in [4.78, 5) is 24.5. The van der Waals surface area contributed by atoms with Gasteiger partial charge in [0.1, 0.15) is 0 Å². The number of halogens is 1. The Morgan fingerprint density at radius 2 is 1.87 bits per heavy atom. The highest BCUT2D eigenvalue weighted by molar-refractivity contribution is 6.31. The number of nitro groups is 1. The second-order valence-electron chi connectivity index (χ2n) is 9.10. The van der Waals surface area contributed by atoms with Gasteiger partial charge in [-0.15, -0.1) is 0 Å². The Bertz CT molecular complexity index is 1310. The van der Waals surface area contributed by atoms with Crippen LogP contribution >= 0.6 is 11.6 Å². The maximum Gasteiger partial charge on any atom is 0.269 e. The number of nitrogens with one attached hydrogen (secondary N) is 1. The summed E-state index contributed by atoms with van der Waals surface area (Å²) in [5, 5.41) is 17.5. The van der Waals surface area contributed by atoms with Gasteiger partial charge in [-0.05, 0) is 45.9 Å². The largest absolute Gasteiger partial charge is 0.358 e. The molecule has 1 aliphatic carbocycles. The van der Waals surface area contributed by atoms with E-state index in [1.807, 2.05) is 30.3 Å². The van der Waals surface area contributed by atoms with E-state index < -0.39 is 10.8 Å². The molecule has 1 heterocycles. The van der Waals surface area contributed by atoms with Gasteiger partial charge in [0.05, 0.1) is 4.92 Å². The highest BCUT2D eigenvalue weighted by Crippen LogP contribution is 2.52. The molecule has 5 nitrogen and oxygen atoms in total. The van der Waals surface area contributed by atoms with Crippen LogP contribution in [-0.4, -0.2) is 10.7 Å². The number of anilines is 1. The summed E-state index contributed by atoms with van der Waals surface area (Å²) in [5.41, 5.74) is 3.81. The third-order valence-corrected chi connectivity index (χ3v) is 6.60. The molecule has 0 unspecified atom stereocenters. The first-order chi connectivity index (χ1) is 14.7. The van der Waals surface area contributed by atoms with Gasteiger partial charge < -0.3 is 5.32 Å². The summed E-state index contributed by atoms with van der Waals surface area (Å²) < 4.78 is 0. The van der Waals surface area contributed by atoms with E-state index in [2.05, 4.69) is 25.2 Å². The van der Waals surface area contributed by atoms with Gasteiger partial charge in [-0.2, -0.15) is 0 Å². The molecule has 1 atom stereocenters. The van der Waals surface area contributed by atoms with Crippen molar-refractivity contribution >= 4 is 39.5 Å². The van der Waals surface area contributed by atoms with Gasteiger partial charge >= 0.3 is 0 Å². The molecule has 0 bridgehead atoms. The van der Waals surface area contributed by atoms with Crippen LogP contribution in [0.3, 0.4) is 0 Å². The van der Waals surface area contributed by atoms with Gasteiger partial charge in [-0.1, -0.05) is 55.8 Å². The van der Waals surface area contributed by atoms with Crippen molar-refractivity contribution in [1.82, 2.24) is 0 Å². The number of nitro benzene ring substituents is 1. The molecular formula is C25H21ClN2O3. The molecule has 0 saturated heterocycles. The lowest BCUT2D eigenvalue weighted by atomic mass is 9.68. The molecule has 5 rings (SSSR count). The fraction of sp³-hybridized carbons (Fsp3) is 0.240. The van der Waals surface area contributed by atoms with Gasteiger partial charge in [-0.3, -0.25) is 14.9 Å². The van der Waals surface area contributed by atoms with Gasteiger partial charge in [-0.25, -0.2) is 0 Å². The molecule has 1 N–H and O–H groups in total. The number of fused-ring (bicyclic) bond motifs is 3. The number of ketones is 1. The van der Waals surface area contributed by atoms with Crippen molar-refractivity contribution in [2.24, 2.45) is 5.41 Å². The quantitative estimate of drug-likeness (QED) is 0.365. The minimum absolute atomic E-state index is 0.0366. The number of nitrogens with zero attached hydrogens (tertiary/aromatic N) is 1. The summed E-state index contributed by atoms with van der Waals surface area (Å²) in [5.74, 6) is -0.404. The maximum absolute atomic E-state index is 13.4. The minimum atomic E-state index is -0.464. The van der Waals surface area contributed by atoms with Gasteiger partial charge in [0.25, 0.3) is 5.69 Å². The van der Waals surface area contributed by atoms with Crippen LogP contribution in [0.5, 0.6) is 0 Å². The molecule has 31 heavy (non-hydrogen) atoms. The zero-order valence-corrected chi connectivity index (χ0v) is 18.0. The van der Waals surface area contributed by atoms with E-state index in [-0.39, 0.29) is 16.9 Å². The average Bonchev–Trinajstić information content (AvgIpc) is 2.71. The van der Waals surface area contributed by atoms with Crippen LogP contribution in [0.15, 0.2) is 65.9 Å². The Morgan fingerprint density at radius 3 is 2.65 bits per heavy atom. The molecule has 3 aromatic rings. The van der Waals surface area contributed by atoms with E-state index >= 15 is 0 Å². The van der Waals surface area contributed by atoms with Crippen LogP contribution in [0.2, 0.25) is 5.02 Å². The van der Waals surface area contributed by atoms with Gasteiger partial charge in [0.2, 0.25) is 0 Å². The topological polar surface area (TPSA) is 72.2 Å². The number of carbonyl (C=O) groups excluding carboxylic acids is 1. The van der Waals surface area contributed by atoms with E-state index in [4.69, 9.17) is 11.6 Å². The maximum atomic E-state index is 13.4. The van der Waals surface area contributed by atoms with Crippen LogP contribution in [0, 0.1) is 15.5 Å². The number of carbonyl (C=O) groups is 1. The molecule has 156 valence electrons. The number of allylic oxidation sites excluding steroid dienone is 2. The van der Waals surface area contributed by atoms with Crippen molar-refractivity contribution in [3.05, 3.63) is 92.1 Å². The van der Waals surface area contributed by atoms with E-state index in [0.717, 1.165) is 34.1 Å². The summed E-state index contributed by atoms with van der Waals surface area (Å²) in [6.45, 7) is 4.17. The summed E-state index contributed by atoms with van der Waals surface area (Å²) in [6.07, 6.45) is 1.15. The second kappa shape index (κ2) is 6.92. The van der Waals surface area contributed by atoms with Crippen LogP contribution in [-0.2, 0) is 4.79 Å². The number of non-ortho nitro benzene ring substituents is 1. The van der Waals surface area contributed by atoms with Crippen LogP contribution in [0.25, 0.3) is 10.8 Å². The molecule has 0 radical (unpaired) electrons. The van der Waals surface area contributed by atoms with Crippen molar-refractivity contribution in [2.45, 2.75) is 32.6 Å². The first-order valence-corrected chi connectivity index (χ1v) is 10.6. The zero-order valence-electron chi connectivity index (χ0n) is 17.2. The molecule has 0 aromatic heterocycles. The average molecular weight is 433 g/mol. The third kappa shape index (κ3) is 3.20. The molecule has 6 heteroatoms. The van der Waals surface area contributed by atoms with E-state index in [1.165, 1.54) is 12.1 Å². The minimum Gasteiger partial charge on any atom is -0.358 e. The van der Waals surface area contributed by atoms with Crippen molar-refractivity contribution in [3.8, 4) is 0 Å². The van der Waals surface area contributed by atoms with E-state index in [1.54, 1.807) is 6.07 Å². The SMILES string of the molecule is CC1(C)CC(=O)C2=C(C1)Nc1ccc3ccccc3c1[C@H]2c1cc([N+](=O)[O-])ccc1Cl. The number of Topliss-reactive ketones (excluding diaryl/α,β-unsaturated/α-hetero) is 1. The molecule has 0 saturated carbocycles. The Balaban J connectivity index is 1.85. The number of hydrogen-bond donors (Lipinski definition) is 1. The Kier molecular flexibility index (Phi) is 4.41. The molecule has 3 aromatic carbocycles. The highest BCUT2D eigenvalue weighted by Gasteiger charge is 2.42. The van der Waals surface area contributed by atoms with Gasteiger partial charge in [0.15, 0.2) is 5.78 Å². The molecular weight excluding hydrogens is 412 g/mol. The summed E-state index contributed by atoms with van der Waals surface area (Å²) >= 11 is 6.61. The Labute approximate surface area is 184 Å². The van der Waals surface area contributed by atoms with Crippen molar-refractivity contribution < 1.29 is 9.72 Å². The molecule has 0 spiro atoms. The summed E-state index contributed by atoms with van der Waals surface area (Å²) in [7, 11) is 0. The van der Waals surface area contributed by atoms with E-state index in [9.17, 15) is 14.9 Å². The first kappa shape index (κ1) is 19.8. The van der Waals surface area contributed by atoms with Crippen molar-refractivity contribution in [3.63, 3.8) is 0 Å². The number of rotatable bonds is 2. The summed E-state index contributed by atoms with van der Waals surface area (Å²) in [6, 6.07) is 16.5. The van der Waals surface area contributed by atoms with Crippen molar-refractivity contribution in [2.75, 3.05) is 5.32 Å². The highest BCUT2D eigenvalue weighted by atomic mass is 35.5. The van der Waals surface area contributed by atoms with E-state index in [0.29, 0.717) is 22.6 Å². The zero-order chi connectivity index (χ0) is 21.9. The number of benzene rings is 3. The number of hydrogen-bond acceptors (Lipinski definition) is 4. The predicted octanol–water partition coefficient (Wildman–Crippen LogP) is 6.60. The van der Waals surface area contributed by atoms with Crippen LogP contribution < -0.4 is 5.32 Å². The van der Waals surface area contributed by atoms with Crippen LogP contribution in [0.1, 0.15) is 43.7 Å². The first-order valence-electron chi connectivity index (χ1n) is 10.2. The molecule has 2 aliphatic rings. The monoisotopic (exact) mass is 432 g/mol. The van der Waals surface area contributed by atoms with Gasteiger partial charge in [0, 0.05) is 46.5 Å². The molecule has 0 fully saturated rings. The second-order valence-corrected chi connectivity index (χ2v) is 9.51. The van der Waals surface area contributed by atoms with Crippen molar-refractivity contribution in [1.29, 1.82) is 0 Å². The lowest BCUT2D eigenvalue weighted by Crippen LogP contribution is -2.34. The Hall–Kier alpha value is -3.18. The fourth-order valence-electron chi connectivity index (χ4n) is 4.98. The molecule has 1 aliphatic heterocycles. The Morgan fingerprint density at radius 1 is 1.10 bits per heavy atom. The third-order valence-electron chi connectivity index (χ3n) is 6.25. The van der Waals surface area contributed by atoms with Crippen LogP contribution in [0.4, 0.5) is 11.4 Å². The standard InChI is InChI=1S/C25H21ClN2O3/c1-25(2)12-20-24(21(29)13-25)23(17-11-15(28(30)31)8-9-18(17)26)22-16-6-4-3-5-14(16)7-10-19(22)27-20/h3-11,23,27H,12-13H2,1-2H3/t23-/m1/s1.